The van der Waals surface area contributed by atoms with Crippen molar-refractivity contribution in [2.24, 2.45) is 0 Å². The van der Waals surface area contributed by atoms with Crippen molar-refractivity contribution in [3.8, 4) is 0 Å². The van der Waals surface area contributed by atoms with Gasteiger partial charge < -0.3 is 5.32 Å². The number of carbonyl (C=O) groups is 1. The first-order valence-corrected chi connectivity index (χ1v) is 7.24. The summed E-state index contributed by atoms with van der Waals surface area (Å²) in [5.41, 5.74) is 0. The minimum atomic E-state index is 0.222. The molecule has 0 aromatic carbocycles. The van der Waals surface area contributed by atoms with Gasteiger partial charge in [-0.3, -0.25) is 9.80 Å². The summed E-state index contributed by atoms with van der Waals surface area (Å²) in [7, 11) is 0. The quantitative estimate of drug-likeness (QED) is 0.508. The lowest BCUT2D eigenvalue weighted by Crippen LogP contribution is -2.53. The third-order valence-electron chi connectivity index (χ3n) is 2.83. The van der Waals surface area contributed by atoms with Gasteiger partial charge in [-0.1, -0.05) is 13.8 Å². The predicted molar refractivity (Wildman–Crippen MR) is 77.3 cm³/mol. The standard InChI is InChI=1S/C14H31N3O/c1-7-11-16(14(18)9-10-15-8-2)17(12(3)4)13(5)6/h12-13,15H,7-11H2,1-6H3. The van der Waals surface area contributed by atoms with Crippen LogP contribution in [0.2, 0.25) is 0 Å². The molecule has 0 aliphatic rings. The maximum atomic E-state index is 12.3. The van der Waals surface area contributed by atoms with Gasteiger partial charge in [-0.2, -0.15) is 0 Å². The molecular formula is C14H31N3O. The average molecular weight is 257 g/mol. The predicted octanol–water partition coefficient (Wildman–Crippen LogP) is 2.26. The Kier molecular flexibility index (Phi) is 9.02. The summed E-state index contributed by atoms with van der Waals surface area (Å²) >= 11 is 0. The highest BCUT2D eigenvalue weighted by atomic mass is 16.2. The van der Waals surface area contributed by atoms with E-state index in [9.17, 15) is 4.79 Å². The van der Waals surface area contributed by atoms with E-state index in [2.05, 4.69) is 51.9 Å². The van der Waals surface area contributed by atoms with Gasteiger partial charge >= 0.3 is 0 Å². The van der Waals surface area contributed by atoms with Gasteiger partial charge in [0.1, 0.15) is 0 Å². The molecule has 18 heavy (non-hydrogen) atoms. The summed E-state index contributed by atoms with van der Waals surface area (Å²) in [5, 5.41) is 7.34. The number of rotatable bonds is 9. The van der Waals surface area contributed by atoms with Crippen LogP contribution in [-0.2, 0) is 4.79 Å². The molecule has 0 aliphatic carbocycles. The van der Waals surface area contributed by atoms with Crippen LogP contribution in [0.1, 0.15) is 54.4 Å². The lowest BCUT2D eigenvalue weighted by Gasteiger charge is -2.40. The van der Waals surface area contributed by atoms with Gasteiger partial charge in [-0.05, 0) is 40.7 Å². The highest BCUT2D eigenvalue weighted by Gasteiger charge is 2.24. The average Bonchev–Trinajstić information content (AvgIpc) is 2.27. The van der Waals surface area contributed by atoms with Crippen molar-refractivity contribution in [1.82, 2.24) is 15.3 Å². The van der Waals surface area contributed by atoms with E-state index in [1.54, 1.807) is 0 Å². The van der Waals surface area contributed by atoms with Crippen molar-refractivity contribution in [1.29, 1.82) is 0 Å². The van der Waals surface area contributed by atoms with Crippen LogP contribution >= 0.6 is 0 Å². The Labute approximate surface area is 113 Å². The molecule has 1 N–H and O–H groups in total. The third-order valence-corrected chi connectivity index (χ3v) is 2.83. The van der Waals surface area contributed by atoms with E-state index in [-0.39, 0.29) is 5.91 Å². The Morgan fingerprint density at radius 3 is 2.06 bits per heavy atom. The molecule has 0 fully saturated rings. The molecule has 108 valence electrons. The second kappa shape index (κ2) is 9.34. The largest absolute Gasteiger partial charge is 0.316 e. The highest BCUT2D eigenvalue weighted by molar-refractivity contribution is 5.75. The first-order valence-electron chi connectivity index (χ1n) is 7.24. The van der Waals surface area contributed by atoms with E-state index in [1.807, 2.05) is 5.01 Å². The number of nitrogens with zero attached hydrogens (tertiary/aromatic N) is 2. The maximum Gasteiger partial charge on any atom is 0.238 e. The molecule has 0 aromatic rings. The molecule has 0 spiro atoms. The number of nitrogens with one attached hydrogen (secondary N) is 1. The van der Waals surface area contributed by atoms with E-state index in [4.69, 9.17) is 0 Å². The second-order valence-corrected chi connectivity index (χ2v) is 5.19. The molecule has 1 amide bonds. The number of hydrazine groups is 1. The van der Waals surface area contributed by atoms with E-state index >= 15 is 0 Å². The van der Waals surface area contributed by atoms with Gasteiger partial charge in [0.05, 0.1) is 0 Å². The van der Waals surface area contributed by atoms with E-state index in [1.165, 1.54) is 0 Å². The molecular weight excluding hydrogens is 226 g/mol. The van der Waals surface area contributed by atoms with Crippen molar-refractivity contribution in [3.63, 3.8) is 0 Å². The van der Waals surface area contributed by atoms with Gasteiger partial charge in [0.15, 0.2) is 0 Å². The van der Waals surface area contributed by atoms with Crippen LogP contribution in [0, 0.1) is 0 Å². The maximum absolute atomic E-state index is 12.3. The Morgan fingerprint density at radius 1 is 1.11 bits per heavy atom. The molecule has 0 bridgehead atoms. The van der Waals surface area contributed by atoms with Gasteiger partial charge in [-0.25, -0.2) is 5.01 Å². The fourth-order valence-electron chi connectivity index (χ4n) is 2.24. The molecule has 0 rings (SSSR count). The summed E-state index contributed by atoms with van der Waals surface area (Å²) in [6, 6.07) is 0.694. The van der Waals surface area contributed by atoms with Crippen molar-refractivity contribution in [2.45, 2.75) is 66.5 Å². The van der Waals surface area contributed by atoms with Crippen LogP contribution in [0.25, 0.3) is 0 Å². The molecule has 4 heteroatoms. The van der Waals surface area contributed by atoms with Crippen LogP contribution in [-0.4, -0.2) is 47.6 Å². The van der Waals surface area contributed by atoms with Gasteiger partial charge in [0.25, 0.3) is 0 Å². The molecule has 0 aliphatic heterocycles. The van der Waals surface area contributed by atoms with E-state index < -0.39 is 0 Å². The van der Waals surface area contributed by atoms with E-state index in [0.717, 1.165) is 26.1 Å². The fraction of sp³-hybridized carbons (Fsp3) is 0.929. The number of hydrogen-bond acceptors (Lipinski definition) is 3. The summed E-state index contributed by atoms with van der Waals surface area (Å²) in [4.78, 5) is 12.3. The molecule has 0 saturated carbocycles. The zero-order chi connectivity index (χ0) is 14.1. The van der Waals surface area contributed by atoms with Crippen LogP contribution in [0.15, 0.2) is 0 Å². The number of hydrogen-bond donors (Lipinski definition) is 1. The topological polar surface area (TPSA) is 35.6 Å². The van der Waals surface area contributed by atoms with Gasteiger partial charge in [0, 0.05) is 31.6 Å². The summed E-state index contributed by atoms with van der Waals surface area (Å²) < 4.78 is 0. The lowest BCUT2D eigenvalue weighted by atomic mass is 10.2. The molecule has 0 saturated heterocycles. The third kappa shape index (κ3) is 5.83. The van der Waals surface area contributed by atoms with Gasteiger partial charge in [-0.15, -0.1) is 0 Å². The molecule has 4 nitrogen and oxygen atoms in total. The van der Waals surface area contributed by atoms with E-state index in [0.29, 0.717) is 18.5 Å². The zero-order valence-electron chi connectivity index (χ0n) is 13.0. The Bertz CT molecular complexity index is 221. The molecule has 0 atom stereocenters. The normalized spacial score (nSPS) is 11.6. The van der Waals surface area contributed by atoms with Crippen molar-refractivity contribution in [3.05, 3.63) is 0 Å². The highest BCUT2D eigenvalue weighted by Crippen LogP contribution is 2.12. The van der Waals surface area contributed by atoms with Crippen LogP contribution < -0.4 is 5.32 Å². The molecule has 0 radical (unpaired) electrons. The number of carbonyl (C=O) groups excluding carboxylic acids is 1. The minimum absolute atomic E-state index is 0.222. The molecule has 0 unspecified atom stereocenters. The Balaban J connectivity index is 4.64. The zero-order valence-corrected chi connectivity index (χ0v) is 13.0. The first kappa shape index (κ1) is 17.4. The Morgan fingerprint density at radius 2 is 1.67 bits per heavy atom. The SMILES string of the molecule is CCCN(C(=O)CCNCC)N(C(C)C)C(C)C. The monoisotopic (exact) mass is 257 g/mol. The molecule has 0 aromatic heterocycles. The van der Waals surface area contributed by atoms with Crippen LogP contribution in [0.5, 0.6) is 0 Å². The minimum Gasteiger partial charge on any atom is -0.316 e. The number of amides is 1. The lowest BCUT2D eigenvalue weighted by molar-refractivity contribution is -0.157. The second-order valence-electron chi connectivity index (χ2n) is 5.19. The molecule has 0 heterocycles. The van der Waals surface area contributed by atoms with Crippen molar-refractivity contribution in [2.75, 3.05) is 19.6 Å². The fourth-order valence-corrected chi connectivity index (χ4v) is 2.24. The van der Waals surface area contributed by atoms with Crippen LogP contribution in [0.4, 0.5) is 0 Å². The van der Waals surface area contributed by atoms with Crippen LogP contribution in [0.3, 0.4) is 0 Å². The Hall–Kier alpha value is -0.610. The van der Waals surface area contributed by atoms with Gasteiger partial charge in [0.2, 0.25) is 5.91 Å². The smallest absolute Gasteiger partial charge is 0.238 e. The van der Waals surface area contributed by atoms with Crippen molar-refractivity contribution < 1.29 is 4.79 Å². The summed E-state index contributed by atoms with van der Waals surface area (Å²) in [6.07, 6.45) is 1.56. The van der Waals surface area contributed by atoms with Crippen molar-refractivity contribution >= 4 is 5.91 Å². The summed E-state index contributed by atoms with van der Waals surface area (Å²) in [5.74, 6) is 0.222. The first-order chi connectivity index (χ1) is 8.45. The summed E-state index contributed by atoms with van der Waals surface area (Å²) in [6.45, 7) is 15.2.